The largest absolute Gasteiger partial charge is 0.619 e. The van der Waals surface area contributed by atoms with Gasteiger partial charge in [-0.05, 0) is 13.0 Å². The molecule has 41 valence electrons. The lowest BCUT2D eigenvalue weighted by molar-refractivity contribution is -0.606. The van der Waals surface area contributed by atoms with Gasteiger partial charge in [0.25, 0.3) is 0 Å². The van der Waals surface area contributed by atoms with Gasteiger partial charge in [-0.15, -0.1) is 0 Å². The first-order valence-electron chi connectivity index (χ1n) is 2.35. The van der Waals surface area contributed by atoms with Gasteiger partial charge in [0, 0.05) is 5.56 Å². The molecule has 1 radical (unpaired) electrons. The molecule has 0 aliphatic rings. The Kier molecular flexibility index (Phi) is 1.16. The number of nitrogens with zero attached hydrogens (tertiary/aromatic N) is 1. The summed E-state index contributed by atoms with van der Waals surface area (Å²) < 4.78 is 0.731. The molecule has 1 rings (SSSR count). The van der Waals surface area contributed by atoms with Crippen LogP contribution in [0.25, 0.3) is 0 Å². The van der Waals surface area contributed by atoms with Crippen molar-refractivity contribution in [3.63, 3.8) is 0 Å². The summed E-state index contributed by atoms with van der Waals surface area (Å²) in [5, 5.41) is 10.4. The summed E-state index contributed by atoms with van der Waals surface area (Å²) in [4.78, 5) is 0. The molecule has 1 aromatic heterocycles. The maximum Gasteiger partial charge on any atom is 0.188 e. The van der Waals surface area contributed by atoms with Crippen molar-refractivity contribution in [3.8, 4) is 0 Å². The maximum absolute atomic E-state index is 10.4. The number of aryl methyl sites for hydroxylation is 1. The van der Waals surface area contributed by atoms with Crippen molar-refractivity contribution >= 4 is 0 Å². The second kappa shape index (κ2) is 1.82. The fourth-order valence-corrected chi connectivity index (χ4v) is 0.517. The van der Waals surface area contributed by atoms with Crippen molar-refractivity contribution in [2.45, 2.75) is 6.92 Å². The fraction of sp³-hybridized carbons (Fsp3) is 0.167. The Bertz CT molecular complexity index is 168. The van der Waals surface area contributed by atoms with Gasteiger partial charge >= 0.3 is 0 Å². The fourth-order valence-electron chi connectivity index (χ4n) is 0.517. The molecule has 2 heteroatoms. The Morgan fingerprint density at radius 3 is 2.88 bits per heavy atom. The molecule has 0 saturated carbocycles. The van der Waals surface area contributed by atoms with Gasteiger partial charge in [-0.2, -0.15) is 4.73 Å². The standard InChI is InChI=1S/C6H6NO/c1-6-3-2-4-7(8)5-6/h3-5H,1H3. The molecular formula is C6H6NO. The number of aromatic nitrogens is 1. The molecule has 1 heterocycles. The third kappa shape index (κ3) is 0.964. The molecule has 1 aromatic rings. The van der Waals surface area contributed by atoms with Gasteiger partial charge in [0.15, 0.2) is 12.4 Å². The Morgan fingerprint density at radius 2 is 2.50 bits per heavy atom. The van der Waals surface area contributed by atoms with Crippen LogP contribution in [0.15, 0.2) is 18.5 Å². The van der Waals surface area contributed by atoms with E-state index in [1.165, 1.54) is 12.4 Å². The summed E-state index contributed by atoms with van der Waals surface area (Å²) in [5.74, 6) is 0. The molecule has 0 aliphatic heterocycles. The summed E-state index contributed by atoms with van der Waals surface area (Å²) in [6.07, 6.45) is 2.84. The Balaban J connectivity index is 3.08. The quantitative estimate of drug-likeness (QED) is 0.349. The van der Waals surface area contributed by atoms with Crippen LogP contribution < -0.4 is 4.73 Å². The van der Waals surface area contributed by atoms with Gasteiger partial charge in [-0.1, -0.05) is 0 Å². The third-order valence-electron chi connectivity index (χ3n) is 0.844. The molecule has 0 atom stereocenters. The normalized spacial score (nSPS) is 9.12. The summed E-state index contributed by atoms with van der Waals surface area (Å²) in [7, 11) is 0. The van der Waals surface area contributed by atoms with Crippen molar-refractivity contribution in [2.24, 2.45) is 0 Å². The minimum atomic E-state index is 0.731. The first kappa shape index (κ1) is 5.09. The summed E-state index contributed by atoms with van der Waals surface area (Å²) >= 11 is 0. The molecular weight excluding hydrogens is 102 g/mol. The zero-order valence-electron chi connectivity index (χ0n) is 4.59. The molecule has 0 fully saturated rings. The molecule has 0 spiro atoms. The molecule has 0 amide bonds. The summed E-state index contributed by atoms with van der Waals surface area (Å²) in [5.41, 5.74) is 0.933. The van der Waals surface area contributed by atoms with Crippen LogP contribution in [0, 0.1) is 18.2 Å². The minimum Gasteiger partial charge on any atom is -0.619 e. The topological polar surface area (TPSA) is 26.9 Å². The lowest BCUT2D eigenvalue weighted by Crippen LogP contribution is -2.24. The zero-order valence-corrected chi connectivity index (χ0v) is 4.59. The van der Waals surface area contributed by atoms with Gasteiger partial charge in [0.05, 0.1) is 6.07 Å². The van der Waals surface area contributed by atoms with E-state index in [9.17, 15) is 5.21 Å². The van der Waals surface area contributed by atoms with Crippen molar-refractivity contribution in [1.82, 2.24) is 0 Å². The average molecular weight is 108 g/mol. The van der Waals surface area contributed by atoms with E-state index in [0.29, 0.717) is 0 Å². The van der Waals surface area contributed by atoms with Gasteiger partial charge in [0.2, 0.25) is 0 Å². The first-order chi connectivity index (χ1) is 3.79. The molecule has 0 bridgehead atoms. The predicted octanol–water partition coefficient (Wildman–Crippen LogP) is 0.429. The highest BCUT2D eigenvalue weighted by atomic mass is 16.5. The van der Waals surface area contributed by atoms with Crippen molar-refractivity contribution in [2.75, 3.05) is 0 Å². The highest BCUT2D eigenvalue weighted by Crippen LogP contribution is 1.86. The van der Waals surface area contributed by atoms with E-state index in [1.807, 2.05) is 6.92 Å². The predicted molar refractivity (Wildman–Crippen MR) is 29.0 cm³/mol. The van der Waals surface area contributed by atoms with Crippen molar-refractivity contribution < 1.29 is 4.73 Å². The van der Waals surface area contributed by atoms with E-state index < -0.39 is 0 Å². The van der Waals surface area contributed by atoms with Gasteiger partial charge in [0.1, 0.15) is 0 Å². The molecule has 0 aliphatic carbocycles. The highest BCUT2D eigenvalue weighted by Gasteiger charge is 1.85. The van der Waals surface area contributed by atoms with Crippen LogP contribution in [0.2, 0.25) is 0 Å². The van der Waals surface area contributed by atoms with Gasteiger partial charge in [-0.25, -0.2) is 0 Å². The molecule has 8 heavy (non-hydrogen) atoms. The number of rotatable bonds is 0. The third-order valence-corrected chi connectivity index (χ3v) is 0.844. The van der Waals surface area contributed by atoms with E-state index in [2.05, 4.69) is 6.07 Å². The van der Waals surface area contributed by atoms with E-state index >= 15 is 0 Å². The lowest BCUT2D eigenvalue weighted by Gasteiger charge is -1.92. The van der Waals surface area contributed by atoms with Crippen molar-refractivity contribution in [3.05, 3.63) is 35.3 Å². The Labute approximate surface area is 48.0 Å². The molecule has 0 N–H and O–H groups in total. The number of hydrogen-bond acceptors (Lipinski definition) is 1. The molecule has 0 saturated heterocycles. The van der Waals surface area contributed by atoms with Crippen LogP contribution in [0.4, 0.5) is 0 Å². The molecule has 0 unspecified atom stereocenters. The second-order valence-electron chi connectivity index (χ2n) is 1.67. The van der Waals surface area contributed by atoms with E-state index in [4.69, 9.17) is 0 Å². The SMILES string of the molecule is Cc1c[c]c[n+]([O-])c1. The monoisotopic (exact) mass is 108 g/mol. The Hall–Kier alpha value is -1.05. The number of hydrogen-bond donors (Lipinski definition) is 0. The summed E-state index contributed by atoms with van der Waals surface area (Å²) in [6, 6.07) is 4.44. The van der Waals surface area contributed by atoms with E-state index in [0.717, 1.165) is 10.3 Å². The smallest absolute Gasteiger partial charge is 0.188 e. The van der Waals surface area contributed by atoms with Crippen LogP contribution in [0.1, 0.15) is 5.56 Å². The highest BCUT2D eigenvalue weighted by molar-refractivity contribution is 5.00. The molecule has 0 aromatic carbocycles. The van der Waals surface area contributed by atoms with E-state index in [1.54, 1.807) is 6.07 Å². The van der Waals surface area contributed by atoms with Crippen LogP contribution in [-0.4, -0.2) is 0 Å². The molecule has 2 nitrogen and oxygen atoms in total. The van der Waals surface area contributed by atoms with Gasteiger partial charge in [-0.3, -0.25) is 0 Å². The maximum atomic E-state index is 10.4. The average Bonchev–Trinajstić information content (AvgIpc) is 1.64. The van der Waals surface area contributed by atoms with Crippen LogP contribution in [0.5, 0.6) is 0 Å². The second-order valence-corrected chi connectivity index (χ2v) is 1.67. The first-order valence-corrected chi connectivity index (χ1v) is 2.35. The van der Waals surface area contributed by atoms with Crippen LogP contribution in [-0.2, 0) is 0 Å². The summed E-state index contributed by atoms with van der Waals surface area (Å²) in [6.45, 7) is 1.85. The van der Waals surface area contributed by atoms with Crippen LogP contribution in [0.3, 0.4) is 0 Å². The zero-order chi connectivity index (χ0) is 5.98. The van der Waals surface area contributed by atoms with Crippen molar-refractivity contribution in [1.29, 1.82) is 0 Å². The van der Waals surface area contributed by atoms with Gasteiger partial charge < -0.3 is 5.21 Å². The number of pyridine rings is 1. The Morgan fingerprint density at radius 1 is 1.75 bits per heavy atom. The lowest BCUT2D eigenvalue weighted by atomic mass is 10.3. The van der Waals surface area contributed by atoms with Crippen LogP contribution >= 0.6 is 0 Å². The minimum absolute atomic E-state index is 0.731. The van der Waals surface area contributed by atoms with E-state index in [-0.39, 0.29) is 0 Å².